The number of hydrogen-bond donors (Lipinski definition) is 6. The number of rotatable bonds is 13. The fourth-order valence-corrected chi connectivity index (χ4v) is 3.55. The molecule has 8 N–H and O–H groups in total. The Kier molecular flexibility index (Phi) is 10.7. The van der Waals surface area contributed by atoms with E-state index >= 15 is 0 Å². The quantitative estimate of drug-likeness (QED) is 0.177. The fourth-order valence-electron chi connectivity index (χ4n) is 3.55. The van der Waals surface area contributed by atoms with E-state index in [2.05, 4.69) is 10.6 Å². The molecule has 1 aliphatic rings. The molecule has 33 heavy (non-hydrogen) atoms. The summed E-state index contributed by atoms with van der Waals surface area (Å²) in [7, 11) is 0. The SMILES string of the molecule is CCC(C)C(NC(=O)C1CCCN1C(=O)C(N)CC(=O)O)C(=O)NC(CCC(N)=O)C(=O)O. The van der Waals surface area contributed by atoms with Crippen LogP contribution in [0.15, 0.2) is 0 Å². The van der Waals surface area contributed by atoms with E-state index in [1.165, 1.54) is 4.90 Å². The van der Waals surface area contributed by atoms with Crippen LogP contribution in [0.4, 0.5) is 0 Å². The largest absolute Gasteiger partial charge is 0.481 e. The third-order valence-corrected chi connectivity index (χ3v) is 5.64. The number of hydrogen-bond acceptors (Lipinski definition) is 7. The third-order valence-electron chi connectivity index (χ3n) is 5.64. The zero-order valence-electron chi connectivity index (χ0n) is 18.8. The molecular weight excluding hydrogens is 438 g/mol. The van der Waals surface area contributed by atoms with Gasteiger partial charge in [-0.1, -0.05) is 20.3 Å². The first-order chi connectivity index (χ1) is 15.4. The van der Waals surface area contributed by atoms with Gasteiger partial charge in [0.25, 0.3) is 0 Å². The van der Waals surface area contributed by atoms with E-state index in [4.69, 9.17) is 16.6 Å². The first-order valence-electron chi connectivity index (χ1n) is 10.8. The Morgan fingerprint density at radius 3 is 2.27 bits per heavy atom. The van der Waals surface area contributed by atoms with Crippen LogP contribution in [-0.4, -0.2) is 81.4 Å². The summed E-state index contributed by atoms with van der Waals surface area (Å²) in [5.41, 5.74) is 10.7. The summed E-state index contributed by atoms with van der Waals surface area (Å²) in [5, 5.41) is 23.1. The van der Waals surface area contributed by atoms with E-state index in [1.54, 1.807) is 13.8 Å². The van der Waals surface area contributed by atoms with Crippen molar-refractivity contribution in [3.63, 3.8) is 0 Å². The summed E-state index contributed by atoms with van der Waals surface area (Å²) in [6.07, 6.45) is 0.259. The van der Waals surface area contributed by atoms with Gasteiger partial charge in [-0.2, -0.15) is 0 Å². The highest BCUT2D eigenvalue weighted by molar-refractivity contribution is 5.95. The van der Waals surface area contributed by atoms with Crippen LogP contribution in [0, 0.1) is 5.92 Å². The van der Waals surface area contributed by atoms with Crippen molar-refractivity contribution in [1.82, 2.24) is 15.5 Å². The predicted molar refractivity (Wildman–Crippen MR) is 114 cm³/mol. The van der Waals surface area contributed by atoms with Gasteiger partial charge in [0.05, 0.1) is 12.5 Å². The van der Waals surface area contributed by atoms with E-state index in [1.807, 2.05) is 0 Å². The van der Waals surface area contributed by atoms with Gasteiger partial charge in [0.1, 0.15) is 18.1 Å². The zero-order chi connectivity index (χ0) is 25.3. The van der Waals surface area contributed by atoms with Crippen LogP contribution in [0.5, 0.6) is 0 Å². The highest BCUT2D eigenvalue weighted by Gasteiger charge is 2.39. The molecule has 0 bridgehead atoms. The zero-order valence-corrected chi connectivity index (χ0v) is 18.8. The van der Waals surface area contributed by atoms with Crippen molar-refractivity contribution in [1.29, 1.82) is 0 Å². The van der Waals surface area contributed by atoms with Crippen LogP contribution < -0.4 is 22.1 Å². The summed E-state index contributed by atoms with van der Waals surface area (Å²) in [5.74, 6) is -5.71. The number of carbonyl (C=O) groups is 6. The van der Waals surface area contributed by atoms with Gasteiger partial charge in [0.2, 0.25) is 23.6 Å². The summed E-state index contributed by atoms with van der Waals surface area (Å²) in [6.45, 7) is 3.71. The number of nitrogens with one attached hydrogen (secondary N) is 2. The number of carboxylic acids is 2. The van der Waals surface area contributed by atoms with Crippen molar-refractivity contribution in [3.05, 3.63) is 0 Å². The first-order valence-corrected chi connectivity index (χ1v) is 10.8. The Morgan fingerprint density at radius 2 is 1.76 bits per heavy atom. The molecular formula is C20H33N5O8. The maximum absolute atomic E-state index is 13.0. The minimum atomic E-state index is -1.37. The molecule has 1 rings (SSSR count). The lowest BCUT2D eigenvalue weighted by molar-refractivity contribution is -0.144. The Labute approximate surface area is 191 Å². The van der Waals surface area contributed by atoms with Gasteiger partial charge < -0.3 is 37.2 Å². The third kappa shape index (κ3) is 8.33. The maximum atomic E-state index is 13.0. The van der Waals surface area contributed by atoms with Crippen LogP contribution in [-0.2, 0) is 28.8 Å². The average molecular weight is 472 g/mol. The van der Waals surface area contributed by atoms with Crippen molar-refractivity contribution < 1.29 is 39.0 Å². The second-order valence-electron chi connectivity index (χ2n) is 8.17. The second kappa shape index (κ2) is 12.7. The van der Waals surface area contributed by atoms with Crippen LogP contribution in [0.1, 0.15) is 52.4 Å². The number of primary amides is 1. The average Bonchev–Trinajstić information content (AvgIpc) is 3.22. The highest BCUT2D eigenvalue weighted by Crippen LogP contribution is 2.20. The number of carbonyl (C=O) groups excluding carboxylic acids is 4. The second-order valence-corrected chi connectivity index (χ2v) is 8.17. The summed E-state index contributed by atoms with van der Waals surface area (Å²) in [6, 6.07) is -4.69. The molecule has 1 fully saturated rings. The Morgan fingerprint density at radius 1 is 1.12 bits per heavy atom. The molecule has 0 aromatic heterocycles. The van der Waals surface area contributed by atoms with Gasteiger partial charge in [-0.3, -0.25) is 24.0 Å². The Bertz CT molecular complexity index is 774. The lowest BCUT2D eigenvalue weighted by atomic mass is 9.97. The molecule has 0 radical (unpaired) electrons. The fraction of sp³-hybridized carbons (Fsp3) is 0.700. The Balaban J connectivity index is 2.94. The molecule has 1 saturated heterocycles. The molecule has 13 nitrogen and oxygen atoms in total. The van der Waals surface area contributed by atoms with E-state index in [9.17, 15) is 33.9 Å². The number of nitrogens with zero attached hydrogens (tertiary/aromatic N) is 1. The van der Waals surface area contributed by atoms with Crippen molar-refractivity contribution in [3.8, 4) is 0 Å². The van der Waals surface area contributed by atoms with Crippen LogP contribution >= 0.6 is 0 Å². The minimum Gasteiger partial charge on any atom is -0.481 e. The van der Waals surface area contributed by atoms with Crippen molar-refractivity contribution in [2.24, 2.45) is 17.4 Å². The van der Waals surface area contributed by atoms with E-state index in [0.29, 0.717) is 19.3 Å². The van der Waals surface area contributed by atoms with Gasteiger partial charge in [-0.05, 0) is 25.2 Å². The van der Waals surface area contributed by atoms with E-state index < -0.39 is 66.2 Å². The molecule has 0 spiro atoms. The van der Waals surface area contributed by atoms with Crippen molar-refractivity contribution in [2.45, 2.75) is 76.5 Å². The lowest BCUT2D eigenvalue weighted by Crippen LogP contribution is -2.58. The number of carboxylic acid groups (broad SMARTS) is 2. The van der Waals surface area contributed by atoms with E-state index in [0.717, 1.165) is 0 Å². The monoisotopic (exact) mass is 471 g/mol. The normalized spacial score (nSPS) is 19.1. The van der Waals surface area contributed by atoms with Gasteiger partial charge >= 0.3 is 11.9 Å². The molecule has 1 heterocycles. The number of amides is 4. The van der Waals surface area contributed by atoms with Crippen LogP contribution in [0.3, 0.4) is 0 Å². The Hall–Kier alpha value is -3.22. The topological polar surface area (TPSA) is 222 Å². The summed E-state index contributed by atoms with van der Waals surface area (Å²) >= 11 is 0. The molecule has 13 heteroatoms. The molecule has 186 valence electrons. The summed E-state index contributed by atoms with van der Waals surface area (Å²) in [4.78, 5) is 72.8. The summed E-state index contributed by atoms with van der Waals surface area (Å²) < 4.78 is 0. The van der Waals surface area contributed by atoms with Crippen molar-refractivity contribution in [2.75, 3.05) is 6.54 Å². The number of nitrogens with two attached hydrogens (primary N) is 2. The first kappa shape index (κ1) is 27.8. The maximum Gasteiger partial charge on any atom is 0.326 e. The van der Waals surface area contributed by atoms with Gasteiger partial charge in [-0.15, -0.1) is 0 Å². The molecule has 1 aliphatic heterocycles. The minimum absolute atomic E-state index is 0.204. The lowest BCUT2D eigenvalue weighted by Gasteiger charge is -2.30. The molecule has 5 unspecified atom stereocenters. The predicted octanol–water partition coefficient (Wildman–Crippen LogP) is -1.85. The van der Waals surface area contributed by atoms with Crippen LogP contribution in [0.2, 0.25) is 0 Å². The van der Waals surface area contributed by atoms with E-state index in [-0.39, 0.29) is 25.3 Å². The van der Waals surface area contributed by atoms with Gasteiger partial charge in [0, 0.05) is 13.0 Å². The van der Waals surface area contributed by atoms with Crippen LogP contribution in [0.25, 0.3) is 0 Å². The van der Waals surface area contributed by atoms with Gasteiger partial charge in [0.15, 0.2) is 0 Å². The number of aliphatic carboxylic acids is 2. The standard InChI is InChI=1S/C20H33N5O8/c1-3-10(2)16(18(30)23-12(20(32)33)6-7-14(22)26)24-17(29)13-5-4-8-25(13)19(31)11(21)9-15(27)28/h10-13,16H,3-9,21H2,1-2H3,(H2,22,26)(H,23,30)(H,24,29)(H,27,28)(H,32,33). The van der Waals surface area contributed by atoms with Crippen molar-refractivity contribution >= 4 is 35.6 Å². The smallest absolute Gasteiger partial charge is 0.326 e. The molecule has 4 amide bonds. The molecule has 0 aromatic rings. The molecule has 0 aliphatic carbocycles. The molecule has 5 atom stereocenters. The number of likely N-dealkylation sites (tertiary alicyclic amines) is 1. The highest BCUT2D eigenvalue weighted by atomic mass is 16.4. The molecule has 0 aromatic carbocycles. The molecule has 0 saturated carbocycles. The van der Waals surface area contributed by atoms with Gasteiger partial charge in [-0.25, -0.2) is 4.79 Å².